The third-order valence-corrected chi connectivity index (χ3v) is 4.75. The summed E-state index contributed by atoms with van der Waals surface area (Å²) in [6.07, 6.45) is 6.41. The summed E-state index contributed by atoms with van der Waals surface area (Å²) in [4.78, 5) is 23.2. The van der Waals surface area contributed by atoms with Crippen LogP contribution in [0.2, 0.25) is 0 Å². The first-order chi connectivity index (χ1) is 11.7. The van der Waals surface area contributed by atoms with Crippen molar-refractivity contribution >= 4 is 12.1 Å². The Labute approximate surface area is 153 Å². The quantitative estimate of drug-likeness (QED) is 0.288. The van der Waals surface area contributed by atoms with Crippen LogP contribution in [0.25, 0.3) is 0 Å². The number of hydrogen-bond donors (Lipinski definition) is 1. The van der Waals surface area contributed by atoms with Gasteiger partial charge in [-0.15, -0.1) is 0 Å². The van der Waals surface area contributed by atoms with Crippen molar-refractivity contribution in [3.8, 4) is 0 Å². The molecule has 0 aromatic carbocycles. The van der Waals surface area contributed by atoms with Crippen LogP contribution in [0.5, 0.6) is 0 Å². The SMILES string of the molecule is C=C(CCC/C(C)=C\CCOC)CC(C)C(=O)C(C)(C)C(O)CC=O. The van der Waals surface area contributed by atoms with Gasteiger partial charge in [0, 0.05) is 31.5 Å². The van der Waals surface area contributed by atoms with Crippen molar-refractivity contribution in [3.63, 3.8) is 0 Å². The van der Waals surface area contributed by atoms with Gasteiger partial charge in [-0.05, 0) is 39.0 Å². The van der Waals surface area contributed by atoms with Gasteiger partial charge in [-0.25, -0.2) is 0 Å². The lowest BCUT2D eigenvalue weighted by Gasteiger charge is -2.31. The van der Waals surface area contributed by atoms with Gasteiger partial charge in [-0.1, -0.05) is 44.6 Å². The molecular formula is C21H36O4. The summed E-state index contributed by atoms with van der Waals surface area (Å²) in [6, 6.07) is 0. The number of rotatable bonds is 14. The molecule has 0 aliphatic heterocycles. The maximum absolute atomic E-state index is 12.6. The van der Waals surface area contributed by atoms with Crippen LogP contribution in [-0.4, -0.2) is 37.0 Å². The predicted octanol–water partition coefficient (Wildman–Crippen LogP) is 4.27. The molecule has 0 aromatic rings. The predicted molar refractivity (Wildman–Crippen MR) is 102 cm³/mol. The van der Waals surface area contributed by atoms with E-state index in [1.54, 1.807) is 21.0 Å². The van der Waals surface area contributed by atoms with Gasteiger partial charge in [-0.3, -0.25) is 4.79 Å². The first kappa shape index (κ1) is 23.7. The zero-order chi connectivity index (χ0) is 19.5. The van der Waals surface area contributed by atoms with Crippen LogP contribution in [0, 0.1) is 11.3 Å². The number of Topliss-reactive ketones (excluding diaryl/α,β-unsaturated/α-hetero) is 1. The number of ketones is 1. The first-order valence-electron chi connectivity index (χ1n) is 9.14. The maximum atomic E-state index is 12.6. The zero-order valence-electron chi connectivity index (χ0n) is 16.6. The maximum Gasteiger partial charge on any atom is 0.144 e. The molecule has 0 saturated carbocycles. The Kier molecular flexibility index (Phi) is 11.5. The Hall–Kier alpha value is -1.26. The lowest BCUT2D eigenvalue weighted by Crippen LogP contribution is -2.40. The molecule has 0 fully saturated rings. The summed E-state index contributed by atoms with van der Waals surface area (Å²) in [6.45, 7) is 12.3. The van der Waals surface area contributed by atoms with Crippen LogP contribution in [0.3, 0.4) is 0 Å². The van der Waals surface area contributed by atoms with E-state index in [1.807, 2.05) is 6.92 Å². The highest BCUT2D eigenvalue weighted by Crippen LogP contribution is 2.30. The van der Waals surface area contributed by atoms with Crippen molar-refractivity contribution in [2.24, 2.45) is 11.3 Å². The monoisotopic (exact) mass is 352 g/mol. The smallest absolute Gasteiger partial charge is 0.144 e. The first-order valence-corrected chi connectivity index (χ1v) is 9.14. The van der Waals surface area contributed by atoms with E-state index in [1.165, 1.54) is 5.57 Å². The number of aldehydes is 1. The van der Waals surface area contributed by atoms with Gasteiger partial charge in [0.15, 0.2) is 0 Å². The lowest BCUT2D eigenvalue weighted by molar-refractivity contribution is -0.137. The number of methoxy groups -OCH3 is 1. The van der Waals surface area contributed by atoms with Crippen molar-refractivity contribution < 1.29 is 19.4 Å². The van der Waals surface area contributed by atoms with Gasteiger partial charge in [0.1, 0.15) is 12.1 Å². The van der Waals surface area contributed by atoms with Gasteiger partial charge in [-0.2, -0.15) is 0 Å². The molecule has 1 N–H and O–H groups in total. The van der Waals surface area contributed by atoms with E-state index in [-0.39, 0.29) is 18.1 Å². The van der Waals surface area contributed by atoms with Crippen molar-refractivity contribution in [2.75, 3.05) is 13.7 Å². The second-order valence-electron chi connectivity index (χ2n) is 7.54. The standard InChI is InChI=1S/C21H36O4/c1-16(11-8-14-25-6)9-7-10-17(2)15-18(3)20(24)21(4,5)19(23)12-13-22/h11,13,18-19,23H,2,7-10,12,14-15H2,1,3-6H3/b16-11-. The van der Waals surface area contributed by atoms with Gasteiger partial charge in [0.25, 0.3) is 0 Å². The number of aliphatic hydroxyl groups excluding tert-OH is 1. The number of carbonyl (C=O) groups excluding carboxylic acids is 2. The number of ether oxygens (including phenoxy) is 1. The summed E-state index contributed by atoms with van der Waals surface area (Å²) in [5.41, 5.74) is 1.50. The molecule has 0 aliphatic rings. The van der Waals surface area contributed by atoms with Gasteiger partial charge in [0.05, 0.1) is 6.10 Å². The average molecular weight is 353 g/mol. The molecule has 2 atom stereocenters. The van der Waals surface area contributed by atoms with E-state index in [0.29, 0.717) is 12.7 Å². The molecule has 0 aromatic heterocycles. The summed E-state index contributed by atoms with van der Waals surface area (Å²) < 4.78 is 5.03. The molecule has 0 bridgehead atoms. The fourth-order valence-electron chi connectivity index (χ4n) is 2.96. The molecule has 0 saturated heterocycles. The fraction of sp³-hybridized carbons (Fsp3) is 0.714. The van der Waals surface area contributed by atoms with Crippen LogP contribution >= 0.6 is 0 Å². The Morgan fingerprint density at radius 2 is 1.96 bits per heavy atom. The minimum absolute atomic E-state index is 0.0128. The van der Waals surface area contributed by atoms with Crippen molar-refractivity contribution in [3.05, 3.63) is 23.8 Å². The summed E-state index contributed by atoms with van der Waals surface area (Å²) in [5.74, 6) is -0.221. The van der Waals surface area contributed by atoms with Crippen LogP contribution in [-0.2, 0) is 14.3 Å². The van der Waals surface area contributed by atoms with Crippen LogP contribution in [0.15, 0.2) is 23.8 Å². The van der Waals surface area contributed by atoms with Crippen LogP contribution in [0.1, 0.15) is 66.2 Å². The fourth-order valence-corrected chi connectivity index (χ4v) is 2.96. The molecule has 0 rings (SSSR count). The minimum atomic E-state index is -0.937. The Balaban J connectivity index is 4.35. The second-order valence-corrected chi connectivity index (χ2v) is 7.54. The van der Waals surface area contributed by atoms with E-state index in [9.17, 15) is 14.7 Å². The Morgan fingerprint density at radius 3 is 2.52 bits per heavy atom. The van der Waals surface area contributed by atoms with Crippen LogP contribution < -0.4 is 0 Å². The van der Waals surface area contributed by atoms with E-state index >= 15 is 0 Å². The average Bonchev–Trinajstić information content (AvgIpc) is 2.54. The van der Waals surface area contributed by atoms with Gasteiger partial charge in [0.2, 0.25) is 0 Å². The minimum Gasteiger partial charge on any atom is -0.392 e. The Morgan fingerprint density at radius 1 is 1.32 bits per heavy atom. The molecule has 4 nitrogen and oxygen atoms in total. The molecular weight excluding hydrogens is 316 g/mol. The van der Waals surface area contributed by atoms with Gasteiger partial charge >= 0.3 is 0 Å². The topological polar surface area (TPSA) is 63.6 Å². The molecule has 0 amide bonds. The third-order valence-electron chi connectivity index (χ3n) is 4.75. The highest BCUT2D eigenvalue weighted by Gasteiger charge is 2.37. The number of allylic oxidation sites excluding steroid dienone is 2. The highest BCUT2D eigenvalue weighted by molar-refractivity contribution is 5.87. The highest BCUT2D eigenvalue weighted by atomic mass is 16.5. The van der Waals surface area contributed by atoms with Crippen LogP contribution in [0.4, 0.5) is 0 Å². The number of aliphatic hydroxyl groups is 1. The molecule has 4 heteroatoms. The second kappa shape index (κ2) is 12.2. The molecule has 0 heterocycles. The van der Waals surface area contributed by atoms with Crippen molar-refractivity contribution in [2.45, 2.75) is 72.3 Å². The van der Waals surface area contributed by atoms with E-state index < -0.39 is 11.5 Å². The number of hydrogen-bond acceptors (Lipinski definition) is 4. The normalized spacial score (nSPS) is 14.9. The van der Waals surface area contributed by atoms with Crippen molar-refractivity contribution in [1.29, 1.82) is 0 Å². The van der Waals surface area contributed by atoms with E-state index in [4.69, 9.17) is 4.74 Å². The van der Waals surface area contributed by atoms with Crippen molar-refractivity contribution in [1.82, 2.24) is 0 Å². The zero-order valence-corrected chi connectivity index (χ0v) is 16.6. The summed E-state index contributed by atoms with van der Waals surface area (Å²) >= 11 is 0. The number of carbonyl (C=O) groups is 2. The summed E-state index contributed by atoms with van der Waals surface area (Å²) in [7, 11) is 1.70. The largest absolute Gasteiger partial charge is 0.392 e. The molecule has 0 radical (unpaired) electrons. The van der Waals surface area contributed by atoms with E-state index in [0.717, 1.165) is 37.9 Å². The molecule has 0 spiro atoms. The molecule has 2 unspecified atom stereocenters. The molecule has 0 aliphatic carbocycles. The molecule has 25 heavy (non-hydrogen) atoms. The summed E-state index contributed by atoms with van der Waals surface area (Å²) in [5, 5.41) is 10.0. The Bertz CT molecular complexity index is 463. The van der Waals surface area contributed by atoms with E-state index in [2.05, 4.69) is 19.6 Å². The lowest BCUT2D eigenvalue weighted by atomic mass is 9.75. The molecule has 144 valence electrons. The third kappa shape index (κ3) is 9.13. The van der Waals surface area contributed by atoms with Gasteiger partial charge < -0.3 is 14.6 Å².